The van der Waals surface area contributed by atoms with Crippen LogP contribution in [0.15, 0.2) is 48.8 Å². The van der Waals surface area contributed by atoms with Crippen molar-refractivity contribution in [3.05, 3.63) is 45.2 Å². The van der Waals surface area contributed by atoms with Gasteiger partial charge in [-0.05, 0) is 56.1 Å². The molecule has 0 spiro atoms. The summed E-state index contributed by atoms with van der Waals surface area (Å²) in [5, 5.41) is 0. The molecule has 2 rings (SSSR count). The van der Waals surface area contributed by atoms with Crippen molar-refractivity contribution in [2.24, 2.45) is 0 Å². The summed E-state index contributed by atoms with van der Waals surface area (Å²) in [6.45, 7) is 0.249. The molecule has 8 heteroatoms. The number of halogens is 2. The average Bonchev–Trinajstić information content (AvgIpc) is 2.79. The lowest BCUT2D eigenvalue weighted by molar-refractivity contribution is 0.506. The van der Waals surface area contributed by atoms with Crippen molar-refractivity contribution >= 4 is 47.6 Å². The molecule has 0 aliphatic heterocycles. The topological polar surface area (TPSA) is 85.3 Å². The van der Waals surface area contributed by atoms with Crippen molar-refractivity contribution in [2.45, 2.75) is 11.3 Å². The van der Waals surface area contributed by atoms with Crippen molar-refractivity contribution in [3.8, 4) is 0 Å². The predicted octanol–water partition coefficient (Wildman–Crippen LogP) is 2.91. The molecule has 1 aromatic carbocycles. The maximum absolute atomic E-state index is 12.3. The molecule has 3 N–H and O–H groups in total. The maximum Gasteiger partial charge on any atom is 0.242 e. The van der Waals surface area contributed by atoms with Gasteiger partial charge in [0.15, 0.2) is 0 Å². The van der Waals surface area contributed by atoms with Crippen LogP contribution in [0, 0.1) is 0 Å². The molecule has 0 aliphatic carbocycles. The van der Waals surface area contributed by atoms with Crippen LogP contribution in [0.25, 0.3) is 0 Å². The quantitative estimate of drug-likeness (QED) is 0.724. The second-order valence-corrected chi connectivity index (χ2v) is 7.45. The molecule has 5 nitrogen and oxygen atoms in total. The summed E-state index contributed by atoms with van der Waals surface area (Å²) in [7, 11) is -3.63. The normalized spacial score (nSPS) is 11.7. The highest BCUT2D eigenvalue weighted by atomic mass is 79.9. The zero-order valence-electron chi connectivity index (χ0n) is 10.3. The molecule has 0 saturated carbocycles. The molecular formula is C12H12Br2N2O3S. The van der Waals surface area contributed by atoms with Gasteiger partial charge in [-0.25, -0.2) is 13.1 Å². The molecule has 0 bridgehead atoms. The highest BCUT2D eigenvalue weighted by molar-refractivity contribution is 9.11. The van der Waals surface area contributed by atoms with E-state index in [9.17, 15) is 8.42 Å². The number of nitrogen functional groups attached to an aromatic ring is 1. The molecule has 0 unspecified atom stereocenters. The van der Waals surface area contributed by atoms with E-state index in [-0.39, 0.29) is 11.4 Å². The van der Waals surface area contributed by atoms with Crippen LogP contribution in [0.2, 0.25) is 0 Å². The molecule has 1 aromatic heterocycles. The van der Waals surface area contributed by atoms with Gasteiger partial charge >= 0.3 is 0 Å². The van der Waals surface area contributed by atoms with Crippen molar-refractivity contribution in [1.29, 1.82) is 0 Å². The first kappa shape index (κ1) is 15.6. The Hall–Kier alpha value is -0.830. The number of nitrogens with one attached hydrogen (secondary N) is 1. The van der Waals surface area contributed by atoms with Crippen LogP contribution in [0.1, 0.15) is 5.76 Å². The number of anilines is 1. The molecule has 0 aliphatic rings. The smallest absolute Gasteiger partial charge is 0.242 e. The van der Waals surface area contributed by atoms with Gasteiger partial charge in [0.1, 0.15) is 10.7 Å². The van der Waals surface area contributed by atoms with Gasteiger partial charge in [0.25, 0.3) is 0 Å². The van der Waals surface area contributed by atoms with Crippen LogP contribution in [0.5, 0.6) is 0 Å². The van der Waals surface area contributed by atoms with Crippen LogP contribution in [-0.4, -0.2) is 15.0 Å². The Morgan fingerprint density at radius 1 is 1.25 bits per heavy atom. The summed E-state index contributed by atoms with van der Waals surface area (Å²) in [6.07, 6.45) is 2.04. The molecule has 0 amide bonds. The Morgan fingerprint density at radius 3 is 2.45 bits per heavy atom. The van der Waals surface area contributed by atoms with Crippen LogP contribution in [0.4, 0.5) is 5.69 Å². The number of rotatable bonds is 5. The fourth-order valence-electron chi connectivity index (χ4n) is 1.67. The van der Waals surface area contributed by atoms with E-state index in [1.807, 2.05) is 0 Å². The standard InChI is InChI=1S/C12H12Br2N2O3S/c13-10-6-8(15)7-11(14)12(10)20(17,18)16-4-3-9-2-1-5-19-9/h1-2,5-7,16H,3-4,15H2. The van der Waals surface area contributed by atoms with E-state index in [0.29, 0.717) is 21.1 Å². The minimum Gasteiger partial charge on any atom is -0.469 e. The van der Waals surface area contributed by atoms with Gasteiger partial charge < -0.3 is 10.2 Å². The Morgan fingerprint density at radius 2 is 1.90 bits per heavy atom. The minimum absolute atomic E-state index is 0.131. The van der Waals surface area contributed by atoms with Gasteiger partial charge in [0, 0.05) is 27.6 Å². The summed E-state index contributed by atoms with van der Waals surface area (Å²) in [5.41, 5.74) is 6.12. The Balaban J connectivity index is 2.14. The van der Waals surface area contributed by atoms with E-state index in [2.05, 4.69) is 36.6 Å². The summed E-state index contributed by atoms with van der Waals surface area (Å²) in [5.74, 6) is 0.725. The zero-order chi connectivity index (χ0) is 14.8. The summed E-state index contributed by atoms with van der Waals surface area (Å²) in [6, 6.07) is 6.65. The molecule has 0 radical (unpaired) electrons. The lowest BCUT2D eigenvalue weighted by Crippen LogP contribution is -2.26. The second kappa shape index (κ2) is 6.30. The van der Waals surface area contributed by atoms with E-state index in [1.165, 1.54) is 0 Å². The highest BCUT2D eigenvalue weighted by Crippen LogP contribution is 2.32. The second-order valence-electron chi connectivity index (χ2n) is 4.04. The predicted molar refractivity (Wildman–Crippen MR) is 83.9 cm³/mol. The highest BCUT2D eigenvalue weighted by Gasteiger charge is 2.21. The third-order valence-electron chi connectivity index (χ3n) is 2.53. The minimum atomic E-state index is -3.63. The summed E-state index contributed by atoms with van der Waals surface area (Å²) >= 11 is 6.43. The largest absolute Gasteiger partial charge is 0.469 e. The van der Waals surface area contributed by atoms with Crippen LogP contribution >= 0.6 is 31.9 Å². The van der Waals surface area contributed by atoms with E-state index in [4.69, 9.17) is 10.2 Å². The molecule has 0 atom stereocenters. The molecule has 0 saturated heterocycles. The third kappa shape index (κ3) is 3.63. The molecule has 2 aromatic rings. The molecular weight excluding hydrogens is 412 g/mol. The van der Waals surface area contributed by atoms with Gasteiger partial charge in [-0.3, -0.25) is 0 Å². The zero-order valence-corrected chi connectivity index (χ0v) is 14.3. The average molecular weight is 424 g/mol. The van der Waals surface area contributed by atoms with Crippen molar-refractivity contribution in [3.63, 3.8) is 0 Å². The van der Waals surface area contributed by atoms with Crippen molar-refractivity contribution in [2.75, 3.05) is 12.3 Å². The Kier molecular flexibility index (Phi) is 4.90. The molecule has 0 fully saturated rings. The van der Waals surface area contributed by atoms with Crippen LogP contribution < -0.4 is 10.5 Å². The van der Waals surface area contributed by atoms with Gasteiger partial charge in [0.2, 0.25) is 10.0 Å². The number of furan rings is 1. The molecule has 1 heterocycles. The first-order valence-electron chi connectivity index (χ1n) is 5.67. The Labute approximate surface area is 133 Å². The third-order valence-corrected chi connectivity index (χ3v) is 5.87. The van der Waals surface area contributed by atoms with Crippen molar-refractivity contribution < 1.29 is 12.8 Å². The van der Waals surface area contributed by atoms with E-state index < -0.39 is 10.0 Å². The van der Waals surface area contributed by atoms with Crippen LogP contribution in [0.3, 0.4) is 0 Å². The number of hydrogen-bond donors (Lipinski definition) is 2. The fraction of sp³-hybridized carbons (Fsp3) is 0.167. The fourth-order valence-corrected chi connectivity index (χ4v) is 5.32. The Bertz CT molecular complexity index is 676. The van der Waals surface area contributed by atoms with Crippen molar-refractivity contribution in [1.82, 2.24) is 4.72 Å². The van der Waals surface area contributed by atoms with Gasteiger partial charge in [-0.1, -0.05) is 0 Å². The number of hydrogen-bond acceptors (Lipinski definition) is 4. The lowest BCUT2D eigenvalue weighted by atomic mass is 10.3. The number of sulfonamides is 1. The van der Waals surface area contributed by atoms with Gasteiger partial charge in [-0.15, -0.1) is 0 Å². The summed E-state index contributed by atoms with van der Waals surface area (Å²) < 4.78 is 33.0. The molecule has 108 valence electrons. The van der Waals surface area contributed by atoms with E-state index in [0.717, 1.165) is 5.76 Å². The van der Waals surface area contributed by atoms with Gasteiger partial charge in [-0.2, -0.15) is 0 Å². The number of benzene rings is 1. The number of nitrogens with two attached hydrogens (primary N) is 1. The monoisotopic (exact) mass is 422 g/mol. The van der Waals surface area contributed by atoms with Crippen LogP contribution in [-0.2, 0) is 16.4 Å². The van der Waals surface area contributed by atoms with E-state index >= 15 is 0 Å². The first-order valence-corrected chi connectivity index (χ1v) is 8.73. The first-order chi connectivity index (χ1) is 9.40. The van der Waals surface area contributed by atoms with E-state index in [1.54, 1.807) is 30.5 Å². The molecule has 20 heavy (non-hydrogen) atoms. The lowest BCUT2D eigenvalue weighted by Gasteiger charge is -2.10. The summed E-state index contributed by atoms with van der Waals surface area (Å²) in [4.78, 5) is 0.131. The maximum atomic E-state index is 12.3. The van der Waals surface area contributed by atoms with Gasteiger partial charge in [0.05, 0.1) is 6.26 Å². The SMILES string of the molecule is Nc1cc(Br)c(S(=O)(=O)NCCc2ccco2)c(Br)c1.